The van der Waals surface area contributed by atoms with Gasteiger partial charge in [0.2, 0.25) is 0 Å². The fraction of sp³-hybridized carbons (Fsp3) is 0.214. The van der Waals surface area contributed by atoms with Gasteiger partial charge < -0.3 is 20.1 Å². The highest BCUT2D eigenvalue weighted by atomic mass is 16.5. The van der Waals surface area contributed by atoms with Crippen molar-refractivity contribution in [1.29, 1.82) is 0 Å². The van der Waals surface area contributed by atoms with Crippen LogP contribution in [0, 0.1) is 13.8 Å². The molecule has 0 aliphatic rings. The van der Waals surface area contributed by atoms with Gasteiger partial charge in [0.25, 0.3) is 5.91 Å². The Morgan fingerprint density at radius 1 is 0.784 bits per heavy atom. The summed E-state index contributed by atoms with van der Waals surface area (Å²) in [4.78, 5) is 36.2. The molecule has 0 aliphatic heterocycles. The van der Waals surface area contributed by atoms with E-state index in [1.54, 1.807) is 48.5 Å². The van der Waals surface area contributed by atoms with Crippen LogP contribution in [0.3, 0.4) is 0 Å². The highest BCUT2D eigenvalue weighted by molar-refractivity contribution is 6.39. The van der Waals surface area contributed by atoms with Crippen molar-refractivity contribution in [2.45, 2.75) is 27.2 Å². The number of nitrogens with zero attached hydrogens (tertiary/aromatic N) is 1. The summed E-state index contributed by atoms with van der Waals surface area (Å²) in [5.74, 6) is -0.829. The lowest BCUT2D eigenvalue weighted by molar-refractivity contribution is -0.136. The van der Waals surface area contributed by atoms with Crippen molar-refractivity contribution in [3.8, 4) is 11.5 Å². The van der Waals surface area contributed by atoms with E-state index in [0.29, 0.717) is 29.4 Å². The van der Waals surface area contributed by atoms with Crippen molar-refractivity contribution in [3.05, 3.63) is 83.4 Å². The molecule has 0 saturated carbocycles. The molecule has 3 aromatic rings. The third-order valence-corrected chi connectivity index (χ3v) is 4.93. The van der Waals surface area contributed by atoms with Crippen LogP contribution in [0.25, 0.3) is 0 Å². The number of benzene rings is 3. The number of aryl methyl sites for hydroxylation is 2. The van der Waals surface area contributed by atoms with Crippen LogP contribution in [0.4, 0.5) is 11.4 Å². The molecular weight excluding hydrogens is 472 g/mol. The molecule has 3 N–H and O–H groups in total. The molecule has 3 amide bonds. The van der Waals surface area contributed by atoms with Crippen LogP contribution in [-0.2, 0) is 14.4 Å². The van der Waals surface area contributed by atoms with Gasteiger partial charge >= 0.3 is 11.8 Å². The Morgan fingerprint density at radius 2 is 1.41 bits per heavy atom. The highest BCUT2D eigenvalue weighted by Gasteiger charge is 2.13. The fourth-order valence-electron chi connectivity index (χ4n) is 3.30. The van der Waals surface area contributed by atoms with Crippen molar-refractivity contribution in [3.63, 3.8) is 0 Å². The van der Waals surface area contributed by atoms with Gasteiger partial charge in [-0.25, -0.2) is 5.43 Å². The maximum absolute atomic E-state index is 12.2. The number of nitrogens with one attached hydrogen (secondary N) is 3. The van der Waals surface area contributed by atoms with Crippen molar-refractivity contribution in [2.75, 3.05) is 23.8 Å². The molecule has 0 atom stereocenters. The van der Waals surface area contributed by atoms with Crippen molar-refractivity contribution in [2.24, 2.45) is 5.10 Å². The Kier molecular flexibility index (Phi) is 9.78. The number of carbonyl (C=O) groups excluding carboxylic acids is 3. The normalized spacial score (nSPS) is 10.6. The van der Waals surface area contributed by atoms with Crippen LogP contribution in [0.5, 0.6) is 11.5 Å². The second-order valence-corrected chi connectivity index (χ2v) is 8.31. The number of hydrogen-bond acceptors (Lipinski definition) is 6. The highest BCUT2D eigenvalue weighted by Crippen LogP contribution is 2.16. The van der Waals surface area contributed by atoms with Gasteiger partial charge in [-0.05, 0) is 97.6 Å². The molecule has 0 heterocycles. The second kappa shape index (κ2) is 13.4. The molecular formula is C28H30N4O5. The van der Waals surface area contributed by atoms with E-state index in [1.165, 1.54) is 6.21 Å². The molecule has 0 radical (unpaired) electrons. The van der Waals surface area contributed by atoms with E-state index >= 15 is 0 Å². The first-order valence-corrected chi connectivity index (χ1v) is 11.8. The number of hydrogen-bond donors (Lipinski definition) is 3. The molecule has 37 heavy (non-hydrogen) atoms. The van der Waals surface area contributed by atoms with Crippen LogP contribution in [0.2, 0.25) is 0 Å². The SMILES string of the molecule is CCCOc1ccc(NC(=O)C(=O)N/N=C\c2ccc(OCC(=O)Nc3cc(C)cc(C)c3)cc2)cc1. The van der Waals surface area contributed by atoms with Crippen LogP contribution in [0.1, 0.15) is 30.0 Å². The summed E-state index contributed by atoms with van der Waals surface area (Å²) in [7, 11) is 0. The lowest BCUT2D eigenvalue weighted by Crippen LogP contribution is -2.32. The molecule has 0 aromatic heterocycles. The fourth-order valence-corrected chi connectivity index (χ4v) is 3.30. The molecule has 0 fully saturated rings. The maximum atomic E-state index is 12.2. The number of rotatable bonds is 10. The van der Waals surface area contributed by atoms with Gasteiger partial charge in [0, 0.05) is 11.4 Å². The molecule has 0 spiro atoms. The molecule has 9 heteroatoms. The van der Waals surface area contributed by atoms with E-state index in [9.17, 15) is 14.4 Å². The van der Waals surface area contributed by atoms with Gasteiger partial charge in [-0.2, -0.15) is 5.10 Å². The van der Waals surface area contributed by atoms with Crippen LogP contribution >= 0.6 is 0 Å². The monoisotopic (exact) mass is 502 g/mol. The summed E-state index contributed by atoms with van der Waals surface area (Å²) < 4.78 is 11.0. The summed E-state index contributed by atoms with van der Waals surface area (Å²) in [5, 5.41) is 9.12. The Labute approximate surface area is 215 Å². The largest absolute Gasteiger partial charge is 0.494 e. The van der Waals surface area contributed by atoms with E-state index in [2.05, 4.69) is 21.2 Å². The number of carbonyl (C=O) groups is 3. The standard InChI is InChI=1S/C28H30N4O5/c1-4-13-36-24-11-7-22(8-12-24)31-27(34)28(35)32-29-17-21-5-9-25(10-6-21)37-18-26(33)30-23-15-19(2)14-20(3)16-23/h5-12,14-17H,4,13,18H2,1-3H3,(H,30,33)(H,31,34)(H,32,35)/b29-17-. The average Bonchev–Trinajstić information content (AvgIpc) is 2.87. The predicted octanol–water partition coefficient (Wildman–Crippen LogP) is 4.20. The van der Waals surface area contributed by atoms with Gasteiger partial charge in [-0.15, -0.1) is 0 Å². The Hall–Kier alpha value is -4.66. The van der Waals surface area contributed by atoms with Crippen LogP contribution in [0.15, 0.2) is 71.8 Å². The van der Waals surface area contributed by atoms with Crippen LogP contribution in [-0.4, -0.2) is 37.1 Å². The first-order chi connectivity index (χ1) is 17.8. The van der Waals surface area contributed by atoms with Crippen LogP contribution < -0.4 is 25.5 Å². The summed E-state index contributed by atoms with van der Waals surface area (Å²) in [6, 6.07) is 19.3. The molecule has 3 aromatic carbocycles. The van der Waals surface area contributed by atoms with Gasteiger partial charge in [-0.1, -0.05) is 13.0 Å². The minimum absolute atomic E-state index is 0.139. The third kappa shape index (κ3) is 9.14. The summed E-state index contributed by atoms with van der Waals surface area (Å²) in [6.45, 7) is 6.41. The quantitative estimate of drug-likeness (QED) is 0.218. The van der Waals surface area contributed by atoms with Gasteiger partial charge in [0.15, 0.2) is 6.61 Å². The molecule has 192 valence electrons. The zero-order valence-electron chi connectivity index (χ0n) is 21.0. The number of hydrazone groups is 1. The van der Waals surface area contributed by atoms with Crippen molar-refractivity contribution < 1.29 is 23.9 Å². The molecule has 3 rings (SSSR count). The van der Waals surface area contributed by atoms with E-state index < -0.39 is 11.8 Å². The minimum Gasteiger partial charge on any atom is -0.494 e. The first kappa shape index (κ1) is 26.9. The van der Waals surface area contributed by atoms with Gasteiger partial charge in [-0.3, -0.25) is 14.4 Å². The summed E-state index contributed by atoms with van der Waals surface area (Å²) in [6.07, 6.45) is 2.28. The molecule has 0 unspecified atom stereocenters. The molecule has 0 saturated heterocycles. The minimum atomic E-state index is -0.905. The third-order valence-electron chi connectivity index (χ3n) is 4.93. The molecule has 0 aliphatic carbocycles. The van der Waals surface area contributed by atoms with E-state index in [0.717, 1.165) is 23.2 Å². The zero-order chi connectivity index (χ0) is 26.6. The first-order valence-electron chi connectivity index (χ1n) is 11.8. The number of ether oxygens (including phenoxy) is 2. The zero-order valence-corrected chi connectivity index (χ0v) is 21.0. The van der Waals surface area contributed by atoms with Gasteiger partial charge in [0.05, 0.1) is 12.8 Å². The number of amides is 3. The smallest absolute Gasteiger partial charge is 0.329 e. The molecule has 9 nitrogen and oxygen atoms in total. The topological polar surface area (TPSA) is 118 Å². The lowest BCUT2D eigenvalue weighted by atomic mass is 10.1. The van der Waals surface area contributed by atoms with Crippen molar-refractivity contribution >= 4 is 35.3 Å². The summed E-state index contributed by atoms with van der Waals surface area (Å²) in [5.41, 5.74) is 6.16. The van der Waals surface area contributed by atoms with E-state index in [-0.39, 0.29) is 12.5 Å². The van der Waals surface area contributed by atoms with E-state index in [4.69, 9.17) is 9.47 Å². The van der Waals surface area contributed by atoms with Crippen molar-refractivity contribution in [1.82, 2.24) is 5.43 Å². The predicted molar refractivity (Wildman–Crippen MR) is 143 cm³/mol. The Bertz CT molecular complexity index is 1230. The Morgan fingerprint density at radius 3 is 2.05 bits per heavy atom. The van der Waals surface area contributed by atoms with Gasteiger partial charge in [0.1, 0.15) is 11.5 Å². The second-order valence-electron chi connectivity index (χ2n) is 8.31. The number of anilines is 2. The lowest BCUT2D eigenvalue weighted by Gasteiger charge is -2.09. The Balaban J connectivity index is 1.41. The average molecular weight is 503 g/mol. The van der Waals surface area contributed by atoms with E-state index in [1.807, 2.05) is 39.0 Å². The summed E-state index contributed by atoms with van der Waals surface area (Å²) >= 11 is 0. The maximum Gasteiger partial charge on any atom is 0.329 e. The molecule has 0 bridgehead atoms.